The highest BCUT2D eigenvalue weighted by Gasteiger charge is 2.27. The Hall–Kier alpha value is -2.01. The van der Waals surface area contributed by atoms with E-state index in [1.165, 1.54) is 38.5 Å². The van der Waals surface area contributed by atoms with Gasteiger partial charge in [-0.25, -0.2) is 0 Å². The third-order valence-electron chi connectivity index (χ3n) is 6.58. The van der Waals surface area contributed by atoms with Gasteiger partial charge in [-0.05, 0) is 58.2 Å². The maximum Gasteiger partial charge on any atom is 0.255 e. The van der Waals surface area contributed by atoms with E-state index < -0.39 is 0 Å². The van der Waals surface area contributed by atoms with E-state index in [1.807, 2.05) is 6.92 Å². The SMILES string of the molecule is Cc1oc2ccc(O)c(CN3CCCCC3C)c2c1C(=O)NC1CCCCC1. The summed E-state index contributed by atoms with van der Waals surface area (Å²) < 4.78 is 5.93. The summed E-state index contributed by atoms with van der Waals surface area (Å²) in [6.45, 7) is 5.76. The number of carbonyl (C=O) groups is 1. The van der Waals surface area contributed by atoms with Crippen LogP contribution < -0.4 is 5.32 Å². The first-order chi connectivity index (χ1) is 13.5. The van der Waals surface area contributed by atoms with Crippen molar-refractivity contribution < 1.29 is 14.3 Å². The number of phenols is 1. The number of fused-ring (bicyclic) bond motifs is 1. The molecule has 2 aromatic rings. The fourth-order valence-electron chi connectivity index (χ4n) is 4.90. The molecule has 1 saturated carbocycles. The van der Waals surface area contributed by atoms with Crippen molar-refractivity contribution in [3.63, 3.8) is 0 Å². The van der Waals surface area contributed by atoms with E-state index >= 15 is 0 Å². The summed E-state index contributed by atoms with van der Waals surface area (Å²) in [5.74, 6) is 0.807. The first-order valence-corrected chi connectivity index (χ1v) is 10.8. The zero-order valence-corrected chi connectivity index (χ0v) is 17.1. The number of aromatic hydroxyl groups is 1. The molecule has 1 aliphatic carbocycles. The highest BCUT2D eigenvalue weighted by molar-refractivity contribution is 6.09. The Kier molecular flexibility index (Phi) is 5.63. The minimum atomic E-state index is -0.0679. The Morgan fingerprint density at radius 3 is 2.68 bits per heavy atom. The predicted octanol–water partition coefficient (Wildman–Crippen LogP) is 4.88. The summed E-state index contributed by atoms with van der Waals surface area (Å²) in [5, 5.41) is 14.7. The van der Waals surface area contributed by atoms with E-state index in [4.69, 9.17) is 4.42 Å². The number of rotatable bonds is 4. The number of likely N-dealkylation sites (tertiary alicyclic amines) is 1. The van der Waals surface area contributed by atoms with Gasteiger partial charge in [0.1, 0.15) is 17.1 Å². The van der Waals surface area contributed by atoms with Gasteiger partial charge in [0, 0.05) is 29.6 Å². The molecule has 2 fully saturated rings. The lowest BCUT2D eigenvalue weighted by Gasteiger charge is -2.33. The Morgan fingerprint density at radius 1 is 1.18 bits per heavy atom. The highest BCUT2D eigenvalue weighted by Crippen LogP contribution is 2.36. The number of amides is 1. The van der Waals surface area contributed by atoms with Crippen LogP contribution >= 0.6 is 0 Å². The molecule has 1 atom stereocenters. The first kappa shape index (κ1) is 19.3. The van der Waals surface area contributed by atoms with E-state index in [0.717, 1.165) is 30.3 Å². The average molecular weight is 385 g/mol. The molecule has 152 valence electrons. The van der Waals surface area contributed by atoms with Crippen LogP contribution in [0.1, 0.15) is 80.0 Å². The van der Waals surface area contributed by atoms with Gasteiger partial charge in [-0.1, -0.05) is 25.7 Å². The fraction of sp³-hybridized carbons (Fsp3) is 0.609. The van der Waals surface area contributed by atoms with Crippen molar-refractivity contribution in [3.05, 3.63) is 29.0 Å². The molecule has 2 N–H and O–H groups in total. The molecule has 2 heterocycles. The van der Waals surface area contributed by atoms with Crippen LogP contribution in [0.2, 0.25) is 0 Å². The lowest BCUT2D eigenvalue weighted by atomic mass is 9.94. The fourth-order valence-corrected chi connectivity index (χ4v) is 4.90. The quantitative estimate of drug-likeness (QED) is 0.788. The van der Waals surface area contributed by atoms with Crippen molar-refractivity contribution in [1.29, 1.82) is 0 Å². The Morgan fingerprint density at radius 2 is 1.93 bits per heavy atom. The van der Waals surface area contributed by atoms with Crippen molar-refractivity contribution >= 4 is 16.9 Å². The number of hydrogen-bond acceptors (Lipinski definition) is 4. The van der Waals surface area contributed by atoms with Gasteiger partial charge in [-0.2, -0.15) is 0 Å². The molecule has 28 heavy (non-hydrogen) atoms. The Bertz CT molecular complexity index is 851. The Balaban J connectivity index is 1.69. The number of furan rings is 1. The van der Waals surface area contributed by atoms with Gasteiger partial charge in [0.05, 0.1) is 5.56 Å². The van der Waals surface area contributed by atoms with Gasteiger partial charge in [0.2, 0.25) is 0 Å². The van der Waals surface area contributed by atoms with E-state index in [0.29, 0.717) is 29.5 Å². The van der Waals surface area contributed by atoms with Crippen molar-refractivity contribution in [2.24, 2.45) is 0 Å². The molecule has 4 rings (SSSR count). The summed E-state index contributed by atoms with van der Waals surface area (Å²) in [6, 6.07) is 4.19. The van der Waals surface area contributed by atoms with Crippen molar-refractivity contribution in [2.45, 2.75) is 83.8 Å². The van der Waals surface area contributed by atoms with Gasteiger partial charge in [-0.3, -0.25) is 9.69 Å². The lowest BCUT2D eigenvalue weighted by molar-refractivity contribution is 0.0927. The average Bonchev–Trinajstić information content (AvgIpc) is 3.03. The van der Waals surface area contributed by atoms with Crippen LogP contribution in [0.15, 0.2) is 16.5 Å². The zero-order chi connectivity index (χ0) is 19.7. The topological polar surface area (TPSA) is 65.7 Å². The number of carbonyl (C=O) groups excluding carboxylic acids is 1. The standard InChI is InChI=1S/C23H32N2O3/c1-15-8-6-7-13-25(15)14-18-19(26)11-12-20-22(18)21(16(2)28-20)23(27)24-17-9-4-3-5-10-17/h11-12,15,17,26H,3-10,13-14H2,1-2H3,(H,24,27). The van der Waals surface area contributed by atoms with Gasteiger partial charge in [0.25, 0.3) is 5.91 Å². The van der Waals surface area contributed by atoms with E-state index in [2.05, 4.69) is 17.1 Å². The van der Waals surface area contributed by atoms with E-state index in [9.17, 15) is 9.90 Å². The summed E-state index contributed by atoms with van der Waals surface area (Å²) >= 11 is 0. The minimum Gasteiger partial charge on any atom is -0.508 e. The van der Waals surface area contributed by atoms with Gasteiger partial charge in [0.15, 0.2) is 0 Å². The van der Waals surface area contributed by atoms with Crippen LogP contribution in [-0.4, -0.2) is 34.5 Å². The predicted molar refractivity (Wildman–Crippen MR) is 111 cm³/mol. The van der Waals surface area contributed by atoms with Gasteiger partial charge < -0.3 is 14.8 Å². The van der Waals surface area contributed by atoms with Gasteiger partial charge in [-0.15, -0.1) is 0 Å². The summed E-state index contributed by atoms with van der Waals surface area (Å²) in [7, 11) is 0. The monoisotopic (exact) mass is 384 g/mol. The van der Waals surface area contributed by atoms with Crippen molar-refractivity contribution in [3.8, 4) is 5.75 Å². The molecule has 5 heteroatoms. The number of aryl methyl sites for hydroxylation is 1. The molecular formula is C23H32N2O3. The second-order valence-electron chi connectivity index (χ2n) is 8.59. The molecule has 1 aliphatic heterocycles. The largest absolute Gasteiger partial charge is 0.508 e. The lowest BCUT2D eigenvalue weighted by Crippen LogP contribution is -2.37. The second-order valence-corrected chi connectivity index (χ2v) is 8.59. The number of nitrogens with one attached hydrogen (secondary N) is 1. The molecule has 2 aliphatic rings. The second kappa shape index (κ2) is 8.16. The number of phenolic OH excluding ortho intramolecular Hbond substituents is 1. The summed E-state index contributed by atoms with van der Waals surface area (Å²) in [4.78, 5) is 15.6. The molecule has 5 nitrogen and oxygen atoms in total. The number of benzene rings is 1. The molecular weight excluding hydrogens is 352 g/mol. The summed E-state index contributed by atoms with van der Waals surface area (Å²) in [6.07, 6.45) is 9.31. The maximum atomic E-state index is 13.2. The smallest absolute Gasteiger partial charge is 0.255 e. The molecule has 1 saturated heterocycles. The molecule has 0 radical (unpaired) electrons. The highest BCUT2D eigenvalue weighted by atomic mass is 16.3. The molecule has 1 aromatic heterocycles. The van der Waals surface area contributed by atoms with Crippen LogP contribution in [0.25, 0.3) is 11.0 Å². The van der Waals surface area contributed by atoms with Crippen LogP contribution in [0.5, 0.6) is 5.75 Å². The van der Waals surface area contributed by atoms with E-state index in [-0.39, 0.29) is 17.7 Å². The zero-order valence-electron chi connectivity index (χ0n) is 17.1. The number of nitrogens with zero attached hydrogens (tertiary/aromatic N) is 1. The molecule has 1 amide bonds. The minimum absolute atomic E-state index is 0.0679. The molecule has 1 aromatic carbocycles. The van der Waals surface area contributed by atoms with Crippen LogP contribution in [-0.2, 0) is 6.54 Å². The van der Waals surface area contributed by atoms with Gasteiger partial charge >= 0.3 is 0 Å². The number of piperidine rings is 1. The third-order valence-corrected chi connectivity index (χ3v) is 6.58. The van der Waals surface area contributed by atoms with Crippen LogP contribution in [0, 0.1) is 6.92 Å². The van der Waals surface area contributed by atoms with Crippen LogP contribution in [0.3, 0.4) is 0 Å². The third kappa shape index (κ3) is 3.77. The normalized spacial score (nSPS) is 21.9. The first-order valence-electron chi connectivity index (χ1n) is 10.8. The molecule has 0 bridgehead atoms. The summed E-state index contributed by atoms with van der Waals surface area (Å²) in [5.41, 5.74) is 2.09. The Labute approximate surface area is 167 Å². The molecule has 1 unspecified atom stereocenters. The molecule has 0 spiro atoms. The van der Waals surface area contributed by atoms with Crippen LogP contribution in [0.4, 0.5) is 0 Å². The van der Waals surface area contributed by atoms with Crippen molar-refractivity contribution in [2.75, 3.05) is 6.54 Å². The van der Waals surface area contributed by atoms with Crippen molar-refractivity contribution in [1.82, 2.24) is 10.2 Å². The van der Waals surface area contributed by atoms with E-state index in [1.54, 1.807) is 12.1 Å². The number of hydrogen-bond donors (Lipinski definition) is 2. The maximum absolute atomic E-state index is 13.2.